The first-order valence-electron chi connectivity index (χ1n) is 8.44. The van der Waals surface area contributed by atoms with Gasteiger partial charge in [-0.15, -0.1) is 0 Å². The SMILES string of the molecule is CC(C)c1ccc([C@H](NC(=O)COC(=O)C2CC2)C(C)C)cc1. The van der Waals surface area contributed by atoms with E-state index in [2.05, 4.69) is 57.3 Å². The molecule has 0 radical (unpaired) electrons. The summed E-state index contributed by atoms with van der Waals surface area (Å²) in [5.74, 6) is 0.265. The number of nitrogens with one attached hydrogen (secondary N) is 1. The molecule has 0 unspecified atom stereocenters. The maximum absolute atomic E-state index is 12.1. The van der Waals surface area contributed by atoms with Crippen LogP contribution in [-0.4, -0.2) is 18.5 Å². The first-order valence-corrected chi connectivity index (χ1v) is 8.44. The van der Waals surface area contributed by atoms with Crippen molar-refractivity contribution in [2.24, 2.45) is 11.8 Å². The lowest BCUT2D eigenvalue weighted by Crippen LogP contribution is -2.35. The van der Waals surface area contributed by atoms with Gasteiger partial charge in [-0.1, -0.05) is 52.0 Å². The summed E-state index contributed by atoms with van der Waals surface area (Å²) in [6.07, 6.45) is 1.77. The molecule has 1 aromatic rings. The first kappa shape index (κ1) is 17.5. The zero-order valence-corrected chi connectivity index (χ0v) is 14.5. The molecule has 0 aromatic heterocycles. The highest BCUT2D eigenvalue weighted by molar-refractivity contribution is 5.82. The summed E-state index contributed by atoms with van der Waals surface area (Å²) in [5, 5.41) is 2.98. The van der Waals surface area contributed by atoms with Crippen molar-refractivity contribution in [3.63, 3.8) is 0 Å². The molecule has 0 spiro atoms. The summed E-state index contributed by atoms with van der Waals surface area (Å²) in [6.45, 7) is 8.26. The van der Waals surface area contributed by atoms with Gasteiger partial charge in [-0.25, -0.2) is 0 Å². The van der Waals surface area contributed by atoms with E-state index in [0.29, 0.717) is 5.92 Å². The predicted octanol–water partition coefficient (Wildman–Crippen LogP) is 3.58. The molecule has 1 aromatic carbocycles. The van der Waals surface area contributed by atoms with E-state index < -0.39 is 0 Å². The van der Waals surface area contributed by atoms with Crippen molar-refractivity contribution in [2.75, 3.05) is 6.61 Å². The summed E-state index contributed by atoms with van der Waals surface area (Å²) in [4.78, 5) is 23.6. The van der Waals surface area contributed by atoms with Crippen LogP contribution in [0.2, 0.25) is 0 Å². The third-order valence-electron chi connectivity index (χ3n) is 4.20. The highest BCUT2D eigenvalue weighted by atomic mass is 16.5. The highest BCUT2D eigenvalue weighted by Gasteiger charge is 2.31. The summed E-state index contributed by atoms with van der Waals surface area (Å²) in [5.41, 5.74) is 2.35. The molecule has 2 rings (SSSR count). The van der Waals surface area contributed by atoms with E-state index in [0.717, 1.165) is 18.4 Å². The average molecular weight is 317 g/mol. The second kappa shape index (κ2) is 7.62. The van der Waals surface area contributed by atoms with Crippen LogP contribution in [0.4, 0.5) is 0 Å². The molecule has 0 aliphatic heterocycles. The molecule has 0 heterocycles. The third kappa shape index (κ3) is 5.08. The van der Waals surface area contributed by atoms with E-state index in [-0.39, 0.29) is 36.4 Å². The van der Waals surface area contributed by atoms with E-state index in [4.69, 9.17) is 4.74 Å². The second-order valence-electron chi connectivity index (χ2n) is 6.99. The number of amides is 1. The van der Waals surface area contributed by atoms with Gasteiger partial charge in [-0.2, -0.15) is 0 Å². The largest absolute Gasteiger partial charge is 0.455 e. The molecule has 1 aliphatic carbocycles. The van der Waals surface area contributed by atoms with E-state index in [1.54, 1.807) is 0 Å². The summed E-state index contributed by atoms with van der Waals surface area (Å²) >= 11 is 0. The van der Waals surface area contributed by atoms with Gasteiger partial charge in [-0.3, -0.25) is 9.59 Å². The Hall–Kier alpha value is -1.84. The molecule has 0 bridgehead atoms. The minimum atomic E-state index is -0.248. The lowest BCUT2D eigenvalue weighted by Gasteiger charge is -2.23. The van der Waals surface area contributed by atoms with Gasteiger partial charge in [0.1, 0.15) is 0 Å². The van der Waals surface area contributed by atoms with Crippen molar-refractivity contribution < 1.29 is 14.3 Å². The highest BCUT2D eigenvalue weighted by Crippen LogP contribution is 2.30. The Morgan fingerprint density at radius 1 is 1.09 bits per heavy atom. The van der Waals surface area contributed by atoms with Crippen LogP contribution in [0.15, 0.2) is 24.3 Å². The van der Waals surface area contributed by atoms with Crippen LogP contribution < -0.4 is 5.32 Å². The van der Waals surface area contributed by atoms with Crippen molar-refractivity contribution in [1.82, 2.24) is 5.32 Å². The zero-order chi connectivity index (χ0) is 17.0. The Labute approximate surface area is 138 Å². The standard InChI is InChI=1S/C19H27NO3/c1-12(2)14-5-7-15(8-6-14)18(13(3)4)20-17(21)11-23-19(22)16-9-10-16/h5-8,12-13,16,18H,9-11H2,1-4H3,(H,20,21)/t18-/m1/s1. The number of benzene rings is 1. The predicted molar refractivity (Wildman–Crippen MR) is 89.9 cm³/mol. The Morgan fingerprint density at radius 3 is 2.13 bits per heavy atom. The number of carbonyl (C=O) groups is 2. The lowest BCUT2D eigenvalue weighted by molar-refractivity contribution is -0.150. The topological polar surface area (TPSA) is 55.4 Å². The summed E-state index contributed by atoms with van der Waals surface area (Å²) in [7, 11) is 0. The normalized spacial score (nSPS) is 15.6. The Kier molecular flexibility index (Phi) is 5.80. The molecule has 1 fully saturated rings. The molecule has 1 atom stereocenters. The van der Waals surface area contributed by atoms with E-state index in [9.17, 15) is 9.59 Å². The number of ether oxygens (including phenoxy) is 1. The molecular formula is C19H27NO3. The minimum absolute atomic E-state index is 0.0206. The van der Waals surface area contributed by atoms with Crippen LogP contribution in [0.1, 0.15) is 63.6 Å². The third-order valence-corrected chi connectivity index (χ3v) is 4.20. The zero-order valence-electron chi connectivity index (χ0n) is 14.5. The van der Waals surface area contributed by atoms with Crippen LogP contribution in [0.3, 0.4) is 0 Å². The average Bonchev–Trinajstić information content (AvgIpc) is 3.35. The van der Waals surface area contributed by atoms with Gasteiger partial charge in [-0.05, 0) is 35.8 Å². The number of rotatable bonds is 7. The molecule has 4 heteroatoms. The van der Waals surface area contributed by atoms with Gasteiger partial charge in [0.05, 0.1) is 12.0 Å². The van der Waals surface area contributed by atoms with Gasteiger partial charge < -0.3 is 10.1 Å². The Bertz CT molecular complexity index is 544. The summed E-state index contributed by atoms with van der Waals surface area (Å²) in [6, 6.07) is 8.26. The van der Waals surface area contributed by atoms with Crippen molar-refractivity contribution in [1.29, 1.82) is 0 Å². The Morgan fingerprint density at radius 2 is 1.65 bits per heavy atom. The first-order chi connectivity index (χ1) is 10.9. The number of hydrogen-bond acceptors (Lipinski definition) is 3. The van der Waals surface area contributed by atoms with Crippen LogP contribution in [0.25, 0.3) is 0 Å². The molecular weight excluding hydrogens is 290 g/mol. The van der Waals surface area contributed by atoms with E-state index >= 15 is 0 Å². The van der Waals surface area contributed by atoms with Crippen LogP contribution in [0, 0.1) is 11.8 Å². The van der Waals surface area contributed by atoms with Gasteiger partial charge in [0.2, 0.25) is 0 Å². The number of esters is 1. The number of hydrogen-bond donors (Lipinski definition) is 1. The Balaban J connectivity index is 1.94. The molecule has 23 heavy (non-hydrogen) atoms. The maximum atomic E-state index is 12.1. The molecule has 1 aliphatic rings. The van der Waals surface area contributed by atoms with Gasteiger partial charge in [0.15, 0.2) is 6.61 Å². The molecule has 1 amide bonds. The monoisotopic (exact) mass is 317 g/mol. The van der Waals surface area contributed by atoms with E-state index in [1.807, 2.05) is 0 Å². The maximum Gasteiger partial charge on any atom is 0.309 e. The van der Waals surface area contributed by atoms with Gasteiger partial charge >= 0.3 is 5.97 Å². The molecule has 126 valence electrons. The van der Waals surface area contributed by atoms with Crippen molar-refractivity contribution in [3.05, 3.63) is 35.4 Å². The quantitative estimate of drug-likeness (QED) is 0.782. The fraction of sp³-hybridized carbons (Fsp3) is 0.579. The summed E-state index contributed by atoms with van der Waals surface area (Å²) < 4.78 is 5.04. The molecule has 1 saturated carbocycles. The number of carbonyl (C=O) groups excluding carboxylic acids is 2. The van der Waals surface area contributed by atoms with Crippen LogP contribution >= 0.6 is 0 Å². The fourth-order valence-corrected chi connectivity index (χ4v) is 2.51. The molecule has 1 N–H and O–H groups in total. The second-order valence-corrected chi connectivity index (χ2v) is 6.99. The van der Waals surface area contributed by atoms with Gasteiger partial charge in [0, 0.05) is 0 Å². The van der Waals surface area contributed by atoms with Crippen LogP contribution in [0.5, 0.6) is 0 Å². The smallest absolute Gasteiger partial charge is 0.309 e. The van der Waals surface area contributed by atoms with Crippen LogP contribution in [-0.2, 0) is 14.3 Å². The minimum Gasteiger partial charge on any atom is -0.455 e. The van der Waals surface area contributed by atoms with Crippen molar-refractivity contribution in [3.8, 4) is 0 Å². The van der Waals surface area contributed by atoms with Crippen molar-refractivity contribution in [2.45, 2.75) is 52.5 Å². The lowest BCUT2D eigenvalue weighted by atomic mass is 9.93. The van der Waals surface area contributed by atoms with Crippen molar-refractivity contribution >= 4 is 11.9 Å². The molecule has 4 nitrogen and oxygen atoms in total. The van der Waals surface area contributed by atoms with E-state index in [1.165, 1.54) is 5.56 Å². The fourth-order valence-electron chi connectivity index (χ4n) is 2.51. The van der Waals surface area contributed by atoms with Gasteiger partial charge in [0.25, 0.3) is 5.91 Å². The molecule has 0 saturated heterocycles.